The molecule has 0 amide bonds. The molecule has 1 aromatic heterocycles. The minimum Gasteiger partial charge on any atom is -0.465 e. The number of rotatable bonds is 7. The Morgan fingerprint density at radius 1 is 1.06 bits per heavy atom. The molecule has 31 heavy (non-hydrogen) atoms. The first-order valence-electron chi connectivity index (χ1n) is 8.75. The van der Waals surface area contributed by atoms with Gasteiger partial charge in [-0.25, -0.2) is 14.8 Å². The van der Waals surface area contributed by atoms with Gasteiger partial charge in [-0.05, 0) is 18.2 Å². The summed E-state index contributed by atoms with van der Waals surface area (Å²) in [5.41, 5.74) is 0.0906. The second kappa shape index (κ2) is 8.82. The number of esters is 1. The number of nitro groups is 2. The Bertz CT molecular complexity index is 1170. The van der Waals surface area contributed by atoms with Crippen molar-refractivity contribution in [3.63, 3.8) is 0 Å². The van der Waals surface area contributed by atoms with Gasteiger partial charge in [-0.2, -0.15) is 0 Å². The van der Waals surface area contributed by atoms with E-state index < -0.39 is 21.5 Å². The molecule has 1 heterocycles. The van der Waals surface area contributed by atoms with Crippen LogP contribution in [-0.2, 0) is 4.74 Å². The number of anilines is 4. The standard InChI is InChI=1S/C19H16N6O6/c1-23(15-9-4-3-8-14(15)19(26)31-2)18-16(25(29)30)17(20-11-21-18)22-12-6-5-7-13(10-12)24(27)28/h3-11H,1-2H3,(H,20,21,22). The van der Waals surface area contributed by atoms with Crippen LogP contribution in [0.3, 0.4) is 0 Å². The summed E-state index contributed by atoms with van der Waals surface area (Å²) < 4.78 is 4.77. The van der Waals surface area contributed by atoms with Crippen LogP contribution in [0, 0.1) is 20.2 Å². The molecule has 2 aromatic carbocycles. The van der Waals surface area contributed by atoms with Crippen molar-refractivity contribution >= 4 is 40.4 Å². The van der Waals surface area contributed by atoms with Gasteiger partial charge in [0.25, 0.3) is 5.69 Å². The zero-order chi connectivity index (χ0) is 22.5. The van der Waals surface area contributed by atoms with E-state index in [0.717, 1.165) is 6.33 Å². The Morgan fingerprint density at radius 2 is 1.81 bits per heavy atom. The van der Waals surface area contributed by atoms with Crippen LogP contribution in [0.25, 0.3) is 0 Å². The number of hydrogen-bond acceptors (Lipinski definition) is 10. The highest BCUT2D eigenvalue weighted by molar-refractivity contribution is 5.97. The van der Waals surface area contributed by atoms with Gasteiger partial charge in [-0.3, -0.25) is 20.2 Å². The van der Waals surface area contributed by atoms with Gasteiger partial charge in [0.05, 0.1) is 28.2 Å². The van der Waals surface area contributed by atoms with Gasteiger partial charge in [-0.15, -0.1) is 0 Å². The van der Waals surface area contributed by atoms with Gasteiger partial charge in [-0.1, -0.05) is 18.2 Å². The lowest BCUT2D eigenvalue weighted by molar-refractivity contribution is -0.384. The fourth-order valence-corrected chi connectivity index (χ4v) is 2.87. The number of non-ortho nitro benzene ring substituents is 1. The maximum absolute atomic E-state index is 12.1. The van der Waals surface area contributed by atoms with Crippen molar-refractivity contribution in [2.24, 2.45) is 0 Å². The average molecular weight is 424 g/mol. The molecule has 3 aromatic rings. The van der Waals surface area contributed by atoms with Crippen LogP contribution in [0.5, 0.6) is 0 Å². The average Bonchev–Trinajstić information content (AvgIpc) is 2.77. The lowest BCUT2D eigenvalue weighted by Crippen LogP contribution is -2.18. The van der Waals surface area contributed by atoms with Gasteiger partial charge in [0.1, 0.15) is 6.33 Å². The van der Waals surface area contributed by atoms with Crippen molar-refractivity contribution in [1.82, 2.24) is 9.97 Å². The Kier molecular flexibility index (Phi) is 6.00. The molecule has 0 saturated carbocycles. The number of methoxy groups -OCH3 is 1. The van der Waals surface area contributed by atoms with Gasteiger partial charge < -0.3 is 15.0 Å². The second-order valence-corrected chi connectivity index (χ2v) is 6.15. The number of nitro benzene ring substituents is 1. The summed E-state index contributed by atoms with van der Waals surface area (Å²) in [6.07, 6.45) is 1.11. The predicted molar refractivity (Wildman–Crippen MR) is 111 cm³/mol. The maximum Gasteiger partial charge on any atom is 0.354 e. The van der Waals surface area contributed by atoms with Gasteiger partial charge in [0.15, 0.2) is 0 Å². The van der Waals surface area contributed by atoms with Gasteiger partial charge >= 0.3 is 11.7 Å². The van der Waals surface area contributed by atoms with Crippen molar-refractivity contribution in [3.8, 4) is 0 Å². The van der Waals surface area contributed by atoms with Gasteiger partial charge in [0, 0.05) is 24.9 Å². The molecule has 0 saturated heterocycles. The summed E-state index contributed by atoms with van der Waals surface area (Å²) in [7, 11) is 2.74. The highest BCUT2D eigenvalue weighted by Crippen LogP contribution is 2.37. The van der Waals surface area contributed by atoms with Crippen LogP contribution in [0.1, 0.15) is 10.4 Å². The van der Waals surface area contributed by atoms with Crippen LogP contribution in [0.4, 0.5) is 34.4 Å². The fourth-order valence-electron chi connectivity index (χ4n) is 2.87. The number of nitrogens with one attached hydrogen (secondary N) is 1. The Balaban J connectivity index is 2.08. The van der Waals surface area contributed by atoms with Crippen molar-refractivity contribution in [3.05, 3.63) is 80.7 Å². The van der Waals surface area contributed by atoms with E-state index in [2.05, 4.69) is 15.3 Å². The molecule has 12 heteroatoms. The molecule has 0 fully saturated rings. The van der Waals surface area contributed by atoms with Crippen molar-refractivity contribution < 1.29 is 19.4 Å². The lowest BCUT2D eigenvalue weighted by atomic mass is 10.1. The minimum absolute atomic E-state index is 0.0933. The quantitative estimate of drug-likeness (QED) is 0.338. The lowest BCUT2D eigenvalue weighted by Gasteiger charge is -2.21. The van der Waals surface area contributed by atoms with Crippen LogP contribution in [0.2, 0.25) is 0 Å². The molecule has 0 aliphatic heterocycles. The summed E-state index contributed by atoms with van der Waals surface area (Å²) >= 11 is 0. The Morgan fingerprint density at radius 3 is 2.48 bits per heavy atom. The normalized spacial score (nSPS) is 10.3. The number of carbonyl (C=O) groups excluding carboxylic acids is 1. The summed E-state index contributed by atoms with van der Waals surface area (Å²) in [5.74, 6) is -0.878. The first-order valence-corrected chi connectivity index (χ1v) is 8.75. The summed E-state index contributed by atoms with van der Waals surface area (Å²) in [4.78, 5) is 43.0. The van der Waals surface area contributed by atoms with Crippen LogP contribution < -0.4 is 10.2 Å². The molecule has 0 aliphatic carbocycles. The third-order valence-corrected chi connectivity index (χ3v) is 4.29. The minimum atomic E-state index is -0.674. The number of carbonyl (C=O) groups is 1. The van der Waals surface area contributed by atoms with Crippen molar-refractivity contribution in [2.45, 2.75) is 0 Å². The molecule has 12 nitrogen and oxygen atoms in total. The largest absolute Gasteiger partial charge is 0.465 e. The zero-order valence-electron chi connectivity index (χ0n) is 16.4. The Hall–Kier alpha value is -4.61. The van der Waals surface area contributed by atoms with Gasteiger partial charge in [0.2, 0.25) is 11.6 Å². The van der Waals surface area contributed by atoms with Crippen LogP contribution >= 0.6 is 0 Å². The molecular formula is C19H16N6O6. The molecule has 0 spiro atoms. The third kappa shape index (κ3) is 4.37. The molecule has 0 atom stereocenters. The van der Waals surface area contributed by atoms with E-state index in [9.17, 15) is 25.0 Å². The number of para-hydroxylation sites is 1. The number of hydrogen-bond donors (Lipinski definition) is 1. The highest BCUT2D eigenvalue weighted by Gasteiger charge is 2.28. The molecule has 1 N–H and O–H groups in total. The van der Waals surface area contributed by atoms with E-state index in [0.29, 0.717) is 5.69 Å². The van der Waals surface area contributed by atoms with Crippen molar-refractivity contribution in [1.29, 1.82) is 0 Å². The first kappa shape index (κ1) is 21.1. The van der Waals surface area contributed by atoms with E-state index in [1.54, 1.807) is 18.2 Å². The van der Waals surface area contributed by atoms with E-state index in [1.165, 1.54) is 49.4 Å². The van der Waals surface area contributed by atoms with Crippen molar-refractivity contribution in [2.75, 3.05) is 24.4 Å². The molecule has 3 rings (SSSR count). The summed E-state index contributed by atoms with van der Waals surface area (Å²) in [6.45, 7) is 0. The SMILES string of the molecule is COC(=O)c1ccccc1N(C)c1ncnc(Nc2cccc([N+](=O)[O-])c2)c1[N+](=O)[O-]. The maximum atomic E-state index is 12.1. The second-order valence-electron chi connectivity index (χ2n) is 6.15. The Labute approximate surface area is 175 Å². The number of ether oxygens (including phenoxy) is 1. The zero-order valence-corrected chi connectivity index (χ0v) is 16.4. The third-order valence-electron chi connectivity index (χ3n) is 4.29. The summed E-state index contributed by atoms with van der Waals surface area (Å²) in [6, 6.07) is 11.9. The fraction of sp³-hybridized carbons (Fsp3) is 0.105. The number of benzene rings is 2. The van der Waals surface area contributed by atoms with E-state index >= 15 is 0 Å². The molecule has 158 valence electrons. The number of nitrogens with zero attached hydrogens (tertiary/aromatic N) is 5. The summed E-state index contributed by atoms with van der Waals surface area (Å²) in [5, 5.41) is 25.6. The monoisotopic (exact) mass is 424 g/mol. The topological polar surface area (TPSA) is 154 Å². The highest BCUT2D eigenvalue weighted by atomic mass is 16.6. The molecule has 0 bridgehead atoms. The number of aromatic nitrogens is 2. The molecular weight excluding hydrogens is 408 g/mol. The predicted octanol–water partition coefficient (Wildman–Crippen LogP) is 3.59. The molecule has 0 radical (unpaired) electrons. The van der Waals surface area contributed by atoms with E-state index in [-0.39, 0.29) is 28.6 Å². The van der Waals surface area contributed by atoms with Crippen LogP contribution in [-0.4, -0.2) is 39.9 Å². The molecule has 0 aliphatic rings. The van der Waals surface area contributed by atoms with E-state index in [1.807, 2.05) is 0 Å². The first-order chi connectivity index (χ1) is 14.8. The molecule has 0 unspecified atom stereocenters. The van der Waals surface area contributed by atoms with Crippen LogP contribution in [0.15, 0.2) is 54.9 Å². The van der Waals surface area contributed by atoms with E-state index in [4.69, 9.17) is 4.74 Å². The smallest absolute Gasteiger partial charge is 0.354 e.